The molecule has 70 valence electrons. The quantitative estimate of drug-likeness (QED) is 0.674. The second kappa shape index (κ2) is 4.52. The SMILES string of the molecule is CCCC(=O)C(C)(O)C(=S)OC. The maximum Gasteiger partial charge on any atom is 0.199 e. The first-order valence-electron chi connectivity index (χ1n) is 3.80. The lowest BCUT2D eigenvalue weighted by Gasteiger charge is -2.20. The fourth-order valence-electron chi connectivity index (χ4n) is 0.783. The highest BCUT2D eigenvalue weighted by molar-refractivity contribution is 7.80. The van der Waals surface area contributed by atoms with Crippen LogP contribution in [-0.2, 0) is 9.53 Å². The first-order valence-corrected chi connectivity index (χ1v) is 4.21. The second-order valence-corrected chi connectivity index (χ2v) is 3.11. The van der Waals surface area contributed by atoms with Gasteiger partial charge in [0.25, 0.3) is 0 Å². The van der Waals surface area contributed by atoms with E-state index in [9.17, 15) is 9.90 Å². The molecule has 0 amide bonds. The summed E-state index contributed by atoms with van der Waals surface area (Å²) in [6.07, 6.45) is 1.01. The van der Waals surface area contributed by atoms with Gasteiger partial charge in [-0.05, 0) is 25.6 Å². The van der Waals surface area contributed by atoms with Crippen molar-refractivity contribution in [3.63, 3.8) is 0 Å². The highest BCUT2D eigenvalue weighted by Gasteiger charge is 2.34. The Kier molecular flexibility index (Phi) is 4.34. The van der Waals surface area contributed by atoms with E-state index in [0.29, 0.717) is 12.8 Å². The molecule has 4 heteroatoms. The van der Waals surface area contributed by atoms with Gasteiger partial charge in [0.1, 0.15) is 0 Å². The van der Waals surface area contributed by atoms with Crippen molar-refractivity contribution < 1.29 is 14.6 Å². The average molecular weight is 190 g/mol. The lowest BCUT2D eigenvalue weighted by Crippen LogP contribution is -2.43. The summed E-state index contributed by atoms with van der Waals surface area (Å²) in [4.78, 5) is 11.2. The Hall–Kier alpha value is -0.480. The fourth-order valence-corrected chi connectivity index (χ4v) is 0.897. The minimum Gasteiger partial charge on any atom is -0.487 e. The zero-order valence-electron chi connectivity index (χ0n) is 7.59. The van der Waals surface area contributed by atoms with E-state index in [0.717, 1.165) is 0 Å². The first kappa shape index (κ1) is 11.5. The van der Waals surface area contributed by atoms with Crippen LogP contribution in [0.5, 0.6) is 0 Å². The Labute approximate surface area is 77.7 Å². The van der Waals surface area contributed by atoms with Crippen LogP contribution in [0.15, 0.2) is 0 Å². The number of hydrogen-bond donors (Lipinski definition) is 1. The molecule has 0 saturated heterocycles. The van der Waals surface area contributed by atoms with Gasteiger partial charge in [0.2, 0.25) is 0 Å². The Morgan fingerprint density at radius 3 is 2.50 bits per heavy atom. The summed E-state index contributed by atoms with van der Waals surface area (Å²) in [7, 11) is 1.34. The molecule has 1 N–H and O–H groups in total. The molecule has 1 unspecified atom stereocenters. The van der Waals surface area contributed by atoms with Gasteiger partial charge in [-0.15, -0.1) is 0 Å². The summed E-state index contributed by atoms with van der Waals surface area (Å²) in [6, 6.07) is 0. The second-order valence-electron chi connectivity index (χ2n) is 2.74. The van der Waals surface area contributed by atoms with Crippen molar-refractivity contribution in [1.82, 2.24) is 0 Å². The van der Waals surface area contributed by atoms with E-state index in [1.54, 1.807) is 0 Å². The van der Waals surface area contributed by atoms with Crippen LogP contribution in [-0.4, -0.2) is 28.7 Å². The van der Waals surface area contributed by atoms with Crippen LogP contribution < -0.4 is 0 Å². The molecule has 3 nitrogen and oxygen atoms in total. The molecule has 0 aliphatic rings. The van der Waals surface area contributed by atoms with Crippen LogP contribution in [0.3, 0.4) is 0 Å². The van der Waals surface area contributed by atoms with Gasteiger partial charge in [0, 0.05) is 6.42 Å². The van der Waals surface area contributed by atoms with Crippen LogP contribution in [0.25, 0.3) is 0 Å². The van der Waals surface area contributed by atoms with Gasteiger partial charge in [-0.25, -0.2) is 0 Å². The van der Waals surface area contributed by atoms with Crippen LogP contribution in [0.4, 0.5) is 0 Å². The number of carbonyl (C=O) groups is 1. The van der Waals surface area contributed by atoms with Gasteiger partial charge in [0.05, 0.1) is 7.11 Å². The number of aliphatic hydroxyl groups is 1. The molecule has 0 spiro atoms. The molecule has 0 saturated carbocycles. The summed E-state index contributed by atoms with van der Waals surface area (Å²) in [5.74, 6) is -0.295. The van der Waals surface area contributed by atoms with E-state index in [2.05, 4.69) is 17.0 Å². The van der Waals surface area contributed by atoms with E-state index in [4.69, 9.17) is 0 Å². The molecule has 1 atom stereocenters. The topological polar surface area (TPSA) is 46.5 Å². The minimum atomic E-state index is -1.61. The smallest absolute Gasteiger partial charge is 0.199 e. The van der Waals surface area contributed by atoms with Crippen LogP contribution >= 0.6 is 12.2 Å². The number of Topliss-reactive ketones (excluding diaryl/α,β-unsaturated/α-hetero) is 1. The Morgan fingerprint density at radius 2 is 2.17 bits per heavy atom. The largest absolute Gasteiger partial charge is 0.487 e. The lowest BCUT2D eigenvalue weighted by molar-refractivity contribution is -0.130. The number of rotatable bonds is 4. The molecule has 0 aromatic rings. The zero-order chi connectivity index (χ0) is 9.78. The van der Waals surface area contributed by atoms with Gasteiger partial charge >= 0.3 is 0 Å². The van der Waals surface area contributed by atoms with Gasteiger partial charge in [-0.3, -0.25) is 4.79 Å². The van der Waals surface area contributed by atoms with Gasteiger partial charge in [-0.2, -0.15) is 0 Å². The number of hydrogen-bond acceptors (Lipinski definition) is 4. The van der Waals surface area contributed by atoms with E-state index in [-0.39, 0.29) is 10.8 Å². The van der Waals surface area contributed by atoms with Crippen molar-refractivity contribution in [1.29, 1.82) is 0 Å². The molecule has 0 heterocycles. The van der Waals surface area contributed by atoms with E-state index >= 15 is 0 Å². The lowest BCUT2D eigenvalue weighted by atomic mass is 9.98. The summed E-state index contributed by atoms with van der Waals surface area (Å²) < 4.78 is 4.64. The molecule has 0 bridgehead atoms. The maximum atomic E-state index is 11.2. The van der Waals surface area contributed by atoms with E-state index in [1.807, 2.05) is 6.92 Å². The summed E-state index contributed by atoms with van der Waals surface area (Å²) >= 11 is 4.69. The molecule has 0 rings (SSSR count). The number of thiocarbonyl (C=S) groups is 1. The number of carbonyl (C=O) groups excluding carboxylic acids is 1. The monoisotopic (exact) mass is 190 g/mol. The third-order valence-electron chi connectivity index (χ3n) is 1.60. The number of ether oxygens (including phenoxy) is 1. The highest BCUT2D eigenvalue weighted by atomic mass is 32.1. The van der Waals surface area contributed by atoms with Gasteiger partial charge in [0.15, 0.2) is 16.4 Å². The third kappa shape index (κ3) is 2.53. The number of ketones is 1. The summed E-state index contributed by atoms with van der Waals surface area (Å²) in [6.45, 7) is 3.22. The standard InChI is InChI=1S/C8H14O3S/c1-4-5-6(9)8(2,10)7(12)11-3/h10H,4-5H2,1-3H3. The fraction of sp³-hybridized carbons (Fsp3) is 0.750. The molecular formula is C8H14O3S. The Balaban J connectivity index is 4.38. The molecule has 0 aromatic carbocycles. The van der Waals surface area contributed by atoms with Crippen molar-refractivity contribution in [2.24, 2.45) is 0 Å². The predicted molar refractivity (Wildman–Crippen MR) is 50.1 cm³/mol. The molecule has 12 heavy (non-hydrogen) atoms. The first-order chi connectivity index (χ1) is 5.46. The molecule has 0 aromatic heterocycles. The van der Waals surface area contributed by atoms with Crippen LogP contribution in [0, 0.1) is 0 Å². The van der Waals surface area contributed by atoms with E-state index in [1.165, 1.54) is 14.0 Å². The van der Waals surface area contributed by atoms with Gasteiger partial charge in [-0.1, -0.05) is 6.92 Å². The molecular weight excluding hydrogens is 176 g/mol. The van der Waals surface area contributed by atoms with Crippen LogP contribution in [0.1, 0.15) is 26.7 Å². The molecule has 0 aliphatic carbocycles. The maximum absolute atomic E-state index is 11.2. The van der Waals surface area contributed by atoms with Crippen molar-refractivity contribution >= 4 is 23.1 Å². The number of methoxy groups -OCH3 is 1. The minimum absolute atomic E-state index is 0.0686. The highest BCUT2D eigenvalue weighted by Crippen LogP contribution is 2.12. The predicted octanol–water partition coefficient (Wildman–Crippen LogP) is 1.08. The van der Waals surface area contributed by atoms with Crippen molar-refractivity contribution in [3.05, 3.63) is 0 Å². The summed E-state index contributed by atoms with van der Waals surface area (Å²) in [5.41, 5.74) is -1.61. The van der Waals surface area contributed by atoms with Crippen molar-refractivity contribution in [3.8, 4) is 0 Å². The molecule has 0 fully saturated rings. The normalized spacial score (nSPS) is 15.0. The van der Waals surface area contributed by atoms with Crippen molar-refractivity contribution in [2.45, 2.75) is 32.3 Å². The third-order valence-corrected chi connectivity index (χ3v) is 2.17. The summed E-state index contributed by atoms with van der Waals surface area (Å²) in [5, 5.41) is 9.50. The molecule has 0 radical (unpaired) electrons. The molecule has 0 aliphatic heterocycles. The average Bonchev–Trinajstić information content (AvgIpc) is 2.03. The Bertz CT molecular complexity index is 187. The van der Waals surface area contributed by atoms with Crippen molar-refractivity contribution in [2.75, 3.05) is 7.11 Å². The van der Waals surface area contributed by atoms with Gasteiger partial charge < -0.3 is 9.84 Å². The van der Waals surface area contributed by atoms with E-state index < -0.39 is 5.60 Å². The zero-order valence-corrected chi connectivity index (χ0v) is 8.40. The Morgan fingerprint density at radius 1 is 1.67 bits per heavy atom. The van der Waals surface area contributed by atoms with Crippen LogP contribution in [0.2, 0.25) is 0 Å².